The van der Waals surface area contributed by atoms with Gasteiger partial charge in [-0.1, -0.05) is 0 Å². The molecule has 2 amide bonds. The van der Waals surface area contributed by atoms with Crippen LogP contribution in [-0.2, 0) is 9.59 Å². The number of nitrogens with zero attached hydrogens (tertiary/aromatic N) is 1. The fraction of sp³-hybridized carbons (Fsp3) is 0.857. The lowest BCUT2D eigenvalue weighted by molar-refractivity contribution is -0.135. The Labute approximate surface area is 114 Å². The Hall–Kier alpha value is -1.10. The van der Waals surface area contributed by atoms with E-state index in [0.717, 1.165) is 38.9 Å². The molecule has 5 heteroatoms. The van der Waals surface area contributed by atoms with Crippen LogP contribution in [-0.4, -0.2) is 42.9 Å². The molecule has 2 aliphatic rings. The number of hydrogen-bond donors (Lipinski definition) is 2. The zero-order chi connectivity index (χ0) is 13.7. The molecule has 0 aromatic carbocycles. The molecule has 19 heavy (non-hydrogen) atoms. The summed E-state index contributed by atoms with van der Waals surface area (Å²) >= 11 is 0. The summed E-state index contributed by atoms with van der Waals surface area (Å²) in [6, 6.07) is 0. The van der Waals surface area contributed by atoms with Crippen LogP contribution in [0.25, 0.3) is 0 Å². The molecule has 0 spiro atoms. The molecular weight excluding hydrogens is 242 g/mol. The molecule has 2 unspecified atom stereocenters. The largest absolute Gasteiger partial charge is 0.369 e. The van der Waals surface area contributed by atoms with Crippen molar-refractivity contribution in [1.82, 2.24) is 10.2 Å². The van der Waals surface area contributed by atoms with Gasteiger partial charge in [-0.2, -0.15) is 0 Å². The van der Waals surface area contributed by atoms with Gasteiger partial charge in [0.1, 0.15) is 0 Å². The van der Waals surface area contributed by atoms with Crippen molar-refractivity contribution in [3.05, 3.63) is 0 Å². The van der Waals surface area contributed by atoms with Gasteiger partial charge in [-0.15, -0.1) is 0 Å². The fourth-order valence-electron chi connectivity index (χ4n) is 3.09. The van der Waals surface area contributed by atoms with Gasteiger partial charge in [0.15, 0.2) is 0 Å². The lowest BCUT2D eigenvalue weighted by Crippen LogP contribution is -2.44. The molecule has 0 bridgehead atoms. The van der Waals surface area contributed by atoms with E-state index in [-0.39, 0.29) is 17.7 Å². The number of carbonyl (C=O) groups is 2. The maximum absolute atomic E-state index is 12.2. The molecule has 2 heterocycles. The summed E-state index contributed by atoms with van der Waals surface area (Å²) < 4.78 is 0. The van der Waals surface area contributed by atoms with E-state index in [1.165, 1.54) is 12.8 Å². The fourth-order valence-corrected chi connectivity index (χ4v) is 3.09. The first-order chi connectivity index (χ1) is 9.16. The van der Waals surface area contributed by atoms with Gasteiger partial charge in [-0.05, 0) is 51.1 Å². The summed E-state index contributed by atoms with van der Waals surface area (Å²) in [6.07, 6.45) is 5.73. The van der Waals surface area contributed by atoms with Gasteiger partial charge in [-0.25, -0.2) is 0 Å². The highest BCUT2D eigenvalue weighted by Crippen LogP contribution is 2.20. The normalized spacial score (nSPS) is 28.1. The van der Waals surface area contributed by atoms with Gasteiger partial charge >= 0.3 is 0 Å². The van der Waals surface area contributed by atoms with Gasteiger partial charge < -0.3 is 16.0 Å². The highest BCUT2D eigenvalue weighted by molar-refractivity contribution is 5.80. The molecule has 5 nitrogen and oxygen atoms in total. The highest BCUT2D eigenvalue weighted by atomic mass is 16.2. The highest BCUT2D eigenvalue weighted by Gasteiger charge is 2.27. The summed E-state index contributed by atoms with van der Waals surface area (Å²) in [6.45, 7) is 3.46. The van der Waals surface area contributed by atoms with Crippen molar-refractivity contribution in [3.63, 3.8) is 0 Å². The van der Waals surface area contributed by atoms with Gasteiger partial charge in [-0.3, -0.25) is 9.59 Å². The number of likely N-dealkylation sites (tertiary alicyclic amines) is 1. The van der Waals surface area contributed by atoms with Crippen LogP contribution in [0.2, 0.25) is 0 Å². The van der Waals surface area contributed by atoms with Crippen LogP contribution in [0, 0.1) is 11.8 Å². The second-order valence-electron chi connectivity index (χ2n) is 5.83. The standard InChI is InChI=1S/C14H25N3O2/c15-14(19)12-4-2-8-17(10-12)13(18)6-5-11-3-1-7-16-9-11/h11-12,16H,1-10H2,(H2,15,19). The number of rotatable bonds is 4. The monoisotopic (exact) mass is 267 g/mol. The van der Waals surface area contributed by atoms with E-state index in [2.05, 4.69) is 5.32 Å². The average Bonchev–Trinajstić information content (AvgIpc) is 2.46. The lowest BCUT2D eigenvalue weighted by atomic mass is 9.93. The molecule has 2 aliphatic heterocycles. The Morgan fingerprint density at radius 1 is 1.26 bits per heavy atom. The average molecular weight is 267 g/mol. The quantitative estimate of drug-likeness (QED) is 0.778. The van der Waals surface area contributed by atoms with Crippen LogP contribution < -0.4 is 11.1 Å². The number of piperidine rings is 2. The van der Waals surface area contributed by atoms with Crippen LogP contribution in [0.1, 0.15) is 38.5 Å². The number of nitrogens with two attached hydrogens (primary N) is 1. The Bertz CT molecular complexity index is 327. The summed E-state index contributed by atoms with van der Waals surface area (Å²) in [5.74, 6) is 0.411. The molecule has 0 aromatic heterocycles. The van der Waals surface area contributed by atoms with Gasteiger partial charge in [0.05, 0.1) is 5.92 Å². The van der Waals surface area contributed by atoms with E-state index in [4.69, 9.17) is 5.73 Å². The number of amides is 2. The van der Waals surface area contributed by atoms with Crippen LogP contribution in [0.15, 0.2) is 0 Å². The minimum atomic E-state index is -0.269. The van der Waals surface area contributed by atoms with E-state index >= 15 is 0 Å². The molecule has 2 fully saturated rings. The molecule has 0 aliphatic carbocycles. The SMILES string of the molecule is NC(=O)C1CCCN(C(=O)CCC2CCCNC2)C1. The summed E-state index contributed by atoms with van der Waals surface area (Å²) in [5.41, 5.74) is 5.34. The first-order valence-electron chi connectivity index (χ1n) is 7.44. The summed E-state index contributed by atoms with van der Waals surface area (Å²) in [5, 5.41) is 3.37. The Morgan fingerprint density at radius 3 is 2.79 bits per heavy atom. The molecule has 0 radical (unpaired) electrons. The van der Waals surface area contributed by atoms with Crippen molar-refractivity contribution in [3.8, 4) is 0 Å². The minimum Gasteiger partial charge on any atom is -0.369 e. The first kappa shape index (κ1) is 14.3. The minimum absolute atomic E-state index is 0.144. The van der Waals surface area contributed by atoms with Gasteiger partial charge in [0.2, 0.25) is 11.8 Å². The second kappa shape index (κ2) is 6.89. The second-order valence-corrected chi connectivity index (χ2v) is 5.83. The Balaban J connectivity index is 1.74. The third-order valence-corrected chi connectivity index (χ3v) is 4.34. The third kappa shape index (κ3) is 4.20. The smallest absolute Gasteiger partial charge is 0.222 e. The molecule has 3 N–H and O–H groups in total. The van der Waals surface area contributed by atoms with E-state index in [1.54, 1.807) is 0 Å². The van der Waals surface area contributed by atoms with Crippen molar-refractivity contribution < 1.29 is 9.59 Å². The van der Waals surface area contributed by atoms with E-state index < -0.39 is 0 Å². The lowest BCUT2D eigenvalue weighted by Gasteiger charge is -2.32. The maximum atomic E-state index is 12.2. The number of primary amides is 1. The Morgan fingerprint density at radius 2 is 2.11 bits per heavy atom. The molecule has 2 saturated heterocycles. The Kier molecular flexibility index (Phi) is 5.19. The van der Waals surface area contributed by atoms with E-state index in [9.17, 15) is 9.59 Å². The number of nitrogens with one attached hydrogen (secondary N) is 1. The van der Waals surface area contributed by atoms with Crippen LogP contribution in [0.3, 0.4) is 0 Å². The molecule has 108 valence electrons. The molecule has 2 atom stereocenters. The molecule has 0 aromatic rings. The van der Waals surface area contributed by atoms with E-state index in [0.29, 0.717) is 18.9 Å². The summed E-state index contributed by atoms with van der Waals surface area (Å²) in [4.78, 5) is 25.2. The van der Waals surface area contributed by atoms with E-state index in [1.807, 2.05) is 4.90 Å². The zero-order valence-corrected chi connectivity index (χ0v) is 11.6. The van der Waals surface area contributed by atoms with Crippen LogP contribution in [0.5, 0.6) is 0 Å². The van der Waals surface area contributed by atoms with Crippen molar-refractivity contribution >= 4 is 11.8 Å². The molecular formula is C14H25N3O2. The third-order valence-electron chi connectivity index (χ3n) is 4.34. The number of hydrogen-bond acceptors (Lipinski definition) is 3. The van der Waals surface area contributed by atoms with Gasteiger partial charge in [0, 0.05) is 19.5 Å². The molecule has 2 rings (SSSR count). The number of carbonyl (C=O) groups excluding carboxylic acids is 2. The first-order valence-corrected chi connectivity index (χ1v) is 7.44. The van der Waals surface area contributed by atoms with Crippen LogP contribution in [0.4, 0.5) is 0 Å². The predicted octanol–water partition coefficient (Wildman–Crippen LogP) is 0.490. The van der Waals surface area contributed by atoms with Crippen LogP contribution >= 0.6 is 0 Å². The van der Waals surface area contributed by atoms with Crippen molar-refractivity contribution in [2.75, 3.05) is 26.2 Å². The van der Waals surface area contributed by atoms with Gasteiger partial charge in [0.25, 0.3) is 0 Å². The van der Waals surface area contributed by atoms with Crippen molar-refractivity contribution in [1.29, 1.82) is 0 Å². The van der Waals surface area contributed by atoms with Crippen molar-refractivity contribution in [2.45, 2.75) is 38.5 Å². The van der Waals surface area contributed by atoms with Crippen molar-refractivity contribution in [2.24, 2.45) is 17.6 Å². The topological polar surface area (TPSA) is 75.4 Å². The zero-order valence-electron chi connectivity index (χ0n) is 11.6. The predicted molar refractivity (Wildman–Crippen MR) is 73.3 cm³/mol. The summed E-state index contributed by atoms with van der Waals surface area (Å²) in [7, 11) is 0. The maximum Gasteiger partial charge on any atom is 0.222 e. The molecule has 0 saturated carbocycles.